The van der Waals surface area contributed by atoms with Crippen LogP contribution in [-0.2, 0) is 27.0 Å². The fourth-order valence-electron chi connectivity index (χ4n) is 4.23. The Hall–Kier alpha value is -2.24. The average molecular weight is 453 g/mol. The second-order valence-electron chi connectivity index (χ2n) is 10.5. The second kappa shape index (κ2) is 8.60. The number of nitrogens with zero attached hydrogens (tertiary/aromatic N) is 1. The third-order valence-electron chi connectivity index (χ3n) is 6.06. The molecule has 5 heteroatoms. The van der Waals surface area contributed by atoms with E-state index in [-0.39, 0.29) is 16.7 Å². The van der Waals surface area contributed by atoms with E-state index in [2.05, 4.69) is 77.7 Å². The number of carbonyl (C=O) groups excluding carboxylic acids is 1. The minimum absolute atomic E-state index is 0.0528. The zero-order valence-corrected chi connectivity index (χ0v) is 21.2. The van der Waals surface area contributed by atoms with Crippen LogP contribution >= 0.6 is 11.8 Å². The Balaban J connectivity index is 2.16. The maximum absolute atomic E-state index is 13.2. The Kier molecular flexibility index (Phi) is 6.56. The quantitative estimate of drug-likeness (QED) is 0.576. The predicted molar refractivity (Wildman–Crippen MR) is 135 cm³/mol. The lowest BCUT2D eigenvalue weighted by atomic mass is 9.78. The van der Waals surface area contributed by atoms with Crippen LogP contribution in [0, 0.1) is 0 Å². The molecule has 4 nitrogen and oxygen atoms in total. The minimum atomic E-state index is -0.781. The first kappa shape index (κ1) is 24.4. The summed E-state index contributed by atoms with van der Waals surface area (Å²) in [5.74, 6) is 0.284. The highest BCUT2D eigenvalue weighted by Gasteiger charge is 2.49. The molecule has 1 atom stereocenters. The Labute approximate surface area is 197 Å². The highest BCUT2D eigenvalue weighted by atomic mass is 32.2. The molecule has 2 aromatic carbocycles. The van der Waals surface area contributed by atoms with Crippen molar-refractivity contribution in [2.75, 3.05) is 13.6 Å². The van der Waals surface area contributed by atoms with Gasteiger partial charge in [-0.05, 0) is 53.1 Å². The highest BCUT2D eigenvalue weighted by Crippen LogP contribution is 2.51. The maximum atomic E-state index is 13.2. The lowest BCUT2D eigenvalue weighted by molar-refractivity contribution is -0.129. The molecule has 1 heterocycles. The third-order valence-corrected chi connectivity index (χ3v) is 7.43. The number of rotatable bonds is 5. The van der Waals surface area contributed by atoms with Gasteiger partial charge in [-0.15, -0.1) is 0 Å². The molecule has 0 aliphatic carbocycles. The Morgan fingerprint density at radius 3 is 2.03 bits per heavy atom. The number of phenols is 1. The normalized spacial score (nSPS) is 19.7. The number of phenolic OH excluding ortho intramolecular Hbond substituents is 1. The molecule has 1 aliphatic heterocycles. The molecular weight excluding hydrogens is 416 g/mol. The molecule has 1 saturated heterocycles. The van der Waals surface area contributed by atoms with Crippen molar-refractivity contribution in [1.82, 2.24) is 10.2 Å². The molecule has 0 aromatic heterocycles. The van der Waals surface area contributed by atoms with Crippen LogP contribution in [0.25, 0.3) is 0 Å². The van der Waals surface area contributed by atoms with Crippen LogP contribution in [0.3, 0.4) is 0 Å². The van der Waals surface area contributed by atoms with Crippen LogP contribution < -0.4 is 5.32 Å². The van der Waals surface area contributed by atoms with E-state index in [1.807, 2.05) is 30.1 Å². The molecule has 1 unspecified atom stereocenters. The van der Waals surface area contributed by atoms with Crippen molar-refractivity contribution in [3.63, 3.8) is 0 Å². The van der Waals surface area contributed by atoms with Crippen molar-refractivity contribution in [2.24, 2.45) is 0 Å². The van der Waals surface area contributed by atoms with E-state index in [1.54, 1.807) is 0 Å². The third kappa shape index (κ3) is 4.46. The van der Waals surface area contributed by atoms with E-state index in [4.69, 9.17) is 0 Å². The van der Waals surface area contributed by atoms with E-state index >= 15 is 0 Å². The highest BCUT2D eigenvalue weighted by molar-refractivity contribution is 8.05. The first-order chi connectivity index (χ1) is 14.8. The molecule has 3 rings (SSSR count). The van der Waals surface area contributed by atoms with Crippen molar-refractivity contribution in [3.05, 3.63) is 76.2 Å². The maximum Gasteiger partial charge on any atom is 0.262 e. The summed E-state index contributed by atoms with van der Waals surface area (Å²) < 4.78 is 0. The Morgan fingerprint density at radius 1 is 1.03 bits per heavy atom. The van der Waals surface area contributed by atoms with Gasteiger partial charge in [0.2, 0.25) is 0 Å². The monoisotopic (exact) mass is 452 g/mol. The van der Waals surface area contributed by atoms with Gasteiger partial charge in [0.1, 0.15) is 5.75 Å². The van der Waals surface area contributed by atoms with Gasteiger partial charge in [-0.1, -0.05) is 90.2 Å². The fraction of sp³-hybridized carbons (Fsp3) is 0.444. The van der Waals surface area contributed by atoms with Gasteiger partial charge in [0.15, 0.2) is 4.99 Å². The molecule has 1 amide bonds. The lowest BCUT2D eigenvalue weighted by Gasteiger charge is -2.39. The van der Waals surface area contributed by atoms with Crippen LogP contribution in [0.1, 0.15) is 63.8 Å². The van der Waals surface area contributed by atoms with Crippen molar-refractivity contribution in [1.29, 1.82) is 0 Å². The topological polar surface area (TPSA) is 52.6 Å². The van der Waals surface area contributed by atoms with Crippen molar-refractivity contribution >= 4 is 17.7 Å². The zero-order valence-electron chi connectivity index (χ0n) is 20.4. The molecule has 2 N–H and O–H groups in total. The summed E-state index contributed by atoms with van der Waals surface area (Å²) in [4.78, 5) is 14.9. The summed E-state index contributed by atoms with van der Waals surface area (Å²) in [6.07, 6.45) is 0.750. The largest absolute Gasteiger partial charge is 0.507 e. The number of benzene rings is 2. The number of amides is 1. The van der Waals surface area contributed by atoms with Crippen LogP contribution in [-0.4, -0.2) is 29.5 Å². The van der Waals surface area contributed by atoms with Gasteiger partial charge in [-0.3, -0.25) is 10.1 Å². The number of aromatic hydroxyl groups is 1. The summed E-state index contributed by atoms with van der Waals surface area (Å²) in [6, 6.07) is 14.3. The molecule has 0 spiro atoms. The summed E-state index contributed by atoms with van der Waals surface area (Å²) in [7, 11) is 1.88. The van der Waals surface area contributed by atoms with Crippen LogP contribution in [0.5, 0.6) is 5.75 Å². The van der Waals surface area contributed by atoms with Crippen molar-refractivity contribution in [3.8, 4) is 5.75 Å². The van der Waals surface area contributed by atoms with Gasteiger partial charge in [-0.25, -0.2) is 0 Å². The summed E-state index contributed by atoms with van der Waals surface area (Å²) in [6.45, 7) is 17.2. The summed E-state index contributed by atoms with van der Waals surface area (Å²) in [5.41, 5.74) is 3.38. The van der Waals surface area contributed by atoms with Crippen LogP contribution in [0.2, 0.25) is 0 Å². The van der Waals surface area contributed by atoms with Crippen molar-refractivity contribution < 1.29 is 9.90 Å². The standard InChI is InChI=1S/C27H36N2O2S/c1-18-24(31)29(15-14-19-12-10-9-11-13-19)27(28-8,32-18)20-16-21(25(2,3)4)23(30)22(17-20)26(5,6)7/h9-13,16-17,28,30H,1,14-15H2,2-8H3. The molecule has 1 fully saturated rings. The van der Waals surface area contributed by atoms with Crippen LogP contribution in [0.15, 0.2) is 53.9 Å². The molecule has 0 saturated carbocycles. The van der Waals surface area contributed by atoms with Gasteiger partial charge in [0.25, 0.3) is 5.91 Å². The molecule has 0 radical (unpaired) electrons. The SMILES string of the molecule is C=C1SC(NC)(c2cc(C(C)(C)C)c(O)c(C(C)(C)C)c2)N(CCc2ccccc2)C1=O. The minimum Gasteiger partial charge on any atom is -0.507 e. The second-order valence-corrected chi connectivity index (χ2v) is 11.8. The van der Waals surface area contributed by atoms with Gasteiger partial charge >= 0.3 is 0 Å². The number of carbonyl (C=O) groups is 1. The van der Waals surface area contributed by atoms with Crippen LogP contribution in [0.4, 0.5) is 0 Å². The van der Waals surface area contributed by atoms with Gasteiger partial charge < -0.3 is 10.0 Å². The number of hydrogen-bond donors (Lipinski definition) is 2. The van der Waals surface area contributed by atoms with E-state index in [9.17, 15) is 9.90 Å². The van der Waals surface area contributed by atoms with E-state index in [0.717, 1.165) is 23.1 Å². The molecule has 2 aromatic rings. The number of hydrogen-bond acceptors (Lipinski definition) is 4. The molecule has 1 aliphatic rings. The Morgan fingerprint density at radius 2 is 1.56 bits per heavy atom. The predicted octanol–water partition coefficient (Wildman–Crippen LogP) is 5.65. The van der Waals surface area contributed by atoms with Gasteiger partial charge in [0.05, 0.1) is 4.91 Å². The number of thioether (sulfide) groups is 1. The van der Waals surface area contributed by atoms with Crippen molar-refractivity contribution in [2.45, 2.75) is 63.8 Å². The first-order valence-corrected chi connectivity index (χ1v) is 11.9. The van der Waals surface area contributed by atoms with E-state index < -0.39 is 4.99 Å². The molecular formula is C27H36N2O2S. The summed E-state index contributed by atoms with van der Waals surface area (Å²) in [5, 5.41) is 14.6. The fourth-order valence-corrected chi connectivity index (χ4v) is 5.41. The van der Waals surface area contributed by atoms with Gasteiger partial charge in [0, 0.05) is 12.1 Å². The smallest absolute Gasteiger partial charge is 0.262 e. The summed E-state index contributed by atoms with van der Waals surface area (Å²) >= 11 is 1.45. The first-order valence-electron chi connectivity index (χ1n) is 11.1. The molecule has 32 heavy (non-hydrogen) atoms. The van der Waals surface area contributed by atoms with E-state index in [0.29, 0.717) is 17.2 Å². The van der Waals surface area contributed by atoms with Gasteiger partial charge in [-0.2, -0.15) is 0 Å². The molecule has 172 valence electrons. The lowest BCUT2D eigenvalue weighted by Crippen LogP contribution is -2.51. The van der Waals surface area contributed by atoms with E-state index in [1.165, 1.54) is 17.3 Å². The number of nitrogens with one attached hydrogen (secondary N) is 1. The molecule has 0 bridgehead atoms. The average Bonchev–Trinajstić information content (AvgIpc) is 2.96. The zero-order chi connectivity index (χ0) is 23.9. The Bertz CT molecular complexity index is 983.